The molecule has 1 fully saturated rings. The van der Waals surface area contributed by atoms with Crippen molar-refractivity contribution in [1.82, 2.24) is 9.21 Å². The largest absolute Gasteiger partial charge is 0.481 e. The summed E-state index contributed by atoms with van der Waals surface area (Å²) in [6.45, 7) is 1.31. The summed E-state index contributed by atoms with van der Waals surface area (Å²) in [5.41, 5.74) is 0.462. The maximum absolute atomic E-state index is 13.2. The van der Waals surface area contributed by atoms with Crippen LogP contribution in [0.25, 0.3) is 0 Å². The third-order valence-corrected chi connectivity index (χ3v) is 7.07. The second kappa shape index (κ2) is 11.0. The number of carboxylic acids is 1. The first kappa shape index (κ1) is 25.0. The number of urea groups is 1. The Morgan fingerprint density at radius 2 is 1.79 bits per heavy atom. The minimum absolute atomic E-state index is 0.00851. The van der Waals surface area contributed by atoms with Gasteiger partial charge in [0.2, 0.25) is 10.0 Å². The normalized spacial score (nSPS) is 16.3. The highest BCUT2D eigenvalue weighted by Gasteiger charge is 2.42. The minimum Gasteiger partial charge on any atom is -0.481 e. The Hall–Kier alpha value is -3.59. The van der Waals surface area contributed by atoms with E-state index in [2.05, 4.69) is 11.8 Å². The number of aliphatic carboxylic acids is 1. The molecule has 10 nitrogen and oxygen atoms in total. The van der Waals surface area contributed by atoms with Gasteiger partial charge in [0.05, 0.1) is 17.7 Å². The zero-order valence-electron chi connectivity index (χ0n) is 18.7. The van der Waals surface area contributed by atoms with Gasteiger partial charge >= 0.3 is 12.0 Å². The van der Waals surface area contributed by atoms with Gasteiger partial charge in [-0.05, 0) is 43.3 Å². The van der Waals surface area contributed by atoms with E-state index in [0.717, 1.165) is 9.37 Å². The summed E-state index contributed by atoms with van der Waals surface area (Å²) in [6, 6.07) is 12.2. The van der Waals surface area contributed by atoms with Gasteiger partial charge < -0.3 is 14.7 Å². The van der Waals surface area contributed by atoms with Gasteiger partial charge in [0.15, 0.2) is 0 Å². The number of para-hydroxylation sites is 1. The van der Waals surface area contributed by atoms with E-state index >= 15 is 0 Å². The number of hydroxylamine groups is 1. The van der Waals surface area contributed by atoms with Crippen LogP contribution >= 0.6 is 0 Å². The number of hydrogen-bond acceptors (Lipinski definition) is 6. The lowest BCUT2D eigenvalue weighted by Crippen LogP contribution is -2.61. The standard InChI is InChI=1S/C23H25N3O7S/c1-3-4-16-33-19-10-12-20(13-11-19)34(30,31)25-15-14-24(17-21(25)22(27)28)23(29)26(32-2)18-8-6-5-7-9-18/h5-13,21H,14-17H2,1-2H3,(H,27,28). The van der Waals surface area contributed by atoms with Crippen LogP contribution in [0.4, 0.5) is 10.5 Å². The fourth-order valence-corrected chi connectivity index (χ4v) is 5.01. The summed E-state index contributed by atoms with van der Waals surface area (Å²) >= 11 is 0. The molecule has 180 valence electrons. The van der Waals surface area contributed by atoms with Gasteiger partial charge in [0.1, 0.15) is 18.4 Å². The quantitative estimate of drug-likeness (QED) is 0.469. The van der Waals surface area contributed by atoms with Crippen molar-refractivity contribution in [1.29, 1.82) is 0 Å². The number of ether oxygens (including phenoxy) is 1. The molecule has 2 aromatic rings. The number of hydrogen-bond donors (Lipinski definition) is 1. The van der Waals surface area contributed by atoms with Gasteiger partial charge in [-0.1, -0.05) is 24.1 Å². The van der Waals surface area contributed by atoms with Crippen LogP contribution in [-0.4, -0.2) is 74.1 Å². The van der Waals surface area contributed by atoms with E-state index in [-0.39, 0.29) is 31.1 Å². The van der Waals surface area contributed by atoms with Crippen molar-refractivity contribution in [2.75, 3.05) is 38.4 Å². The summed E-state index contributed by atoms with van der Waals surface area (Å²) in [4.78, 5) is 31.4. The van der Waals surface area contributed by atoms with E-state index in [1.54, 1.807) is 37.3 Å². The first-order chi connectivity index (χ1) is 16.3. The number of amides is 2. The Kier molecular flexibility index (Phi) is 8.12. The molecule has 1 heterocycles. The molecule has 2 amide bonds. The molecule has 0 radical (unpaired) electrons. The highest BCUT2D eigenvalue weighted by molar-refractivity contribution is 7.89. The van der Waals surface area contributed by atoms with Gasteiger partial charge in [0, 0.05) is 19.6 Å². The monoisotopic (exact) mass is 487 g/mol. The molecule has 1 atom stereocenters. The number of carbonyl (C=O) groups is 2. The molecule has 1 saturated heterocycles. The van der Waals surface area contributed by atoms with E-state index < -0.39 is 28.1 Å². The number of sulfonamides is 1. The van der Waals surface area contributed by atoms with Crippen molar-refractivity contribution in [3.8, 4) is 17.6 Å². The molecule has 0 saturated carbocycles. The molecule has 2 aromatic carbocycles. The number of carbonyl (C=O) groups excluding carboxylic acids is 1. The van der Waals surface area contributed by atoms with Crippen molar-refractivity contribution >= 4 is 27.7 Å². The van der Waals surface area contributed by atoms with Crippen LogP contribution < -0.4 is 9.80 Å². The molecular formula is C23H25N3O7S. The Morgan fingerprint density at radius 3 is 2.38 bits per heavy atom. The molecule has 1 aliphatic heterocycles. The Morgan fingerprint density at radius 1 is 1.12 bits per heavy atom. The van der Waals surface area contributed by atoms with E-state index in [0.29, 0.717) is 11.4 Å². The van der Waals surface area contributed by atoms with Crippen molar-refractivity contribution < 1.29 is 32.7 Å². The second-order valence-corrected chi connectivity index (χ2v) is 9.09. The van der Waals surface area contributed by atoms with Crippen LogP contribution in [0.2, 0.25) is 0 Å². The maximum atomic E-state index is 13.2. The fraction of sp³-hybridized carbons (Fsp3) is 0.304. The number of carboxylic acid groups (broad SMARTS) is 1. The highest BCUT2D eigenvalue weighted by atomic mass is 32.2. The molecular weight excluding hydrogens is 462 g/mol. The van der Waals surface area contributed by atoms with Gasteiger partial charge in [0.25, 0.3) is 0 Å². The molecule has 11 heteroatoms. The molecule has 1 unspecified atom stereocenters. The van der Waals surface area contributed by atoms with E-state index in [4.69, 9.17) is 9.57 Å². The molecule has 1 aliphatic rings. The van der Waals surface area contributed by atoms with Crippen molar-refractivity contribution in [3.05, 3.63) is 54.6 Å². The summed E-state index contributed by atoms with van der Waals surface area (Å²) in [6.07, 6.45) is 0. The average Bonchev–Trinajstić information content (AvgIpc) is 2.85. The summed E-state index contributed by atoms with van der Waals surface area (Å²) < 4.78 is 32.7. The number of piperazine rings is 1. The lowest BCUT2D eigenvalue weighted by atomic mass is 10.2. The predicted octanol–water partition coefficient (Wildman–Crippen LogP) is 2.04. The van der Waals surface area contributed by atoms with Crippen molar-refractivity contribution in [3.63, 3.8) is 0 Å². The van der Waals surface area contributed by atoms with Crippen LogP contribution in [0.1, 0.15) is 6.92 Å². The van der Waals surface area contributed by atoms with Gasteiger partial charge in [-0.3, -0.25) is 9.63 Å². The number of benzene rings is 2. The predicted molar refractivity (Wildman–Crippen MR) is 124 cm³/mol. The van der Waals surface area contributed by atoms with E-state index in [9.17, 15) is 23.1 Å². The Labute approximate surface area is 198 Å². The molecule has 34 heavy (non-hydrogen) atoms. The minimum atomic E-state index is -4.14. The lowest BCUT2D eigenvalue weighted by molar-refractivity contribution is -0.142. The van der Waals surface area contributed by atoms with Crippen LogP contribution in [0.15, 0.2) is 59.5 Å². The second-order valence-electron chi connectivity index (χ2n) is 7.20. The topological polar surface area (TPSA) is 117 Å². The average molecular weight is 488 g/mol. The fourth-order valence-electron chi connectivity index (χ4n) is 3.45. The van der Waals surface area contributed by atoms with E-state index in [1.807, 2.05) is 0 Å². The first-order valence-corrected chi connectivity index (χ1v) is 11.8. The maximum Gasteiger partial charge on any atom is 0.348 e. The Balaban J connectivity index is 1.78. The Bertz CT molecular complexity index is 1170. The highest BCUT2D eigenvalue weighted by Crippen LogP contribution is 2.25. The van der Waals surface area contributed by atoms with Crippen LogP contribution in [0.5, 0.6) is 5.75 Å². The van der Waals surface area contributed by atoms with Crippen LogP contribution in [0, 0.1) is 11.8 Å². The molecule has 1 N–H and O–H groups in total. The molecule has 3 rings (SSSR count). The summed E-state index contributed by atoms with van der Waals surface area (Å²) in [5.74, 6) is 4.51. The van der Waals surface area contributed by atoms with Crippen LogP contribution in [-0.2, 0) is 19.7 Å². The molecule has 0 bridgehead atoms. The third-order valence-electron chi connectivity index (χ3n) is 5.15. The number of nitrogens with zero attached hydrogens (tertiary/aromatic N) is 3. The van der Waals surface area contributed by atoms with Crippen LogP contribution in [0.3, 0.4) is 0 Å². The van der Waals surface area contributed by atoms with E-state index in [1.165, 1.54) is 36.3 Å². The number of rotatable bonds is 7. The third kappa shape index (κ3) is 5.48. The summed E-state index contributed by atoms with van der Waals surface area (Å²) in [7, 11) is -2.82. The zero-order chi connectivity index (χ0) is 24.7. The lowest BCUT2D eigenvalue weighted by Gasteiger charge is -2.39. The molecule has 0 spiro atoms. The van der Waals surface area contributed by atoms with Gasteiger partial charge in [-0.2, -0.15) is 9.37 Å². The SMILES string of the molecule is CC#CCOc1ccc(S(=O)(=O)N2CCN(C(=O)N(OC)c3ccccc3)CC2C(=O)O)cc1. The smallest absolute Gasteiger partial charge is 0.348 e. The number of anilines is 1. The van der Waals surface area contributed by atoms with Crippen molar-refractivity contribution in [2.24, 2.45) is 0 Å². The zero-order valence-corrected chi connectivity index (χ0v) is 19.6. The molecule has 0 aromatic heterocycles. The first-order valence-electron chi connectivity index (χ1n) is 10.3. The summed E-state index contributed by atoms with van der Waals surface area (Å²) in [5, 5.41) is 10.8. The van der Waals surface area contributed by atoms with Crippen molar-refractivity contribution in [2.45, 2.75) is 17.9 Å². The van der Waals surface area contributed by atoms with Gasteiger partial charge in [-0.15, -0.1) is 5.92 Å². The van der Waals surface area contributed by atoms with Gasteiger partial charge in [-0.25, -0.2) is 13.2 Å². The molecule has 0 aliphatic carbocycles.